The molecule has 0 bridgehead atoms. The predicted octanol–water partition coefficient (Wildman–Crippen LogP) is 8.21. The van der Waals surface area contributed by atoms with Gasteiger partial charge in [0.05, 0.1) is 15.7 Å². The number of hydrogen-bond donors (Lipinski definition) is 0. The Hall–Kier alpha value is 1.43. The van der Waals surface area contributed by atoms with Crippen LogP contribution in [0.5, 0.6) is 0 Å². The maximum atomic E-state index is 2.85. The average molecular weight is 425 g/mol. The smallest absolute Gasteiger partial charge is 0.0856 e. The largest absolute Gasteiger partial charge is 0.267 e. The minimum absolute atomic E-state index is 0.0136. The van der Waals surface area contributed by atoms with Crippen molar-refractivity contribution >= 4 is 30.1 Å². The van der Waals surface area contributed by atoms with Gasteiger partial charge in [-0.1, -0.05) is 96.5 Å². The van der Waals surface area contributed by atoms with Crippen LogP contribution in [-0.2, 0) is 0 Å². The van der Waals surface area contributed by atoms with Crippen molar-refractivity contribution in [1.82, 2.24) is 9.34 Å². The van der Waals surface area contributed by atoms with Gasteiger partial charge in [0.15, 0.2) is 0 Å². The summed E-state index contributed by atoms with van der Waals surface area (Å²) in [6.07, 6.45) is 0. The van der Waals surface area contributed by atoms with E-state index in [1.807, 2.05) is 0 Å². The molecular weight excluding hydrogens is 377 g/mol. The third-order valence-electron chi connectivity index (χ3n) is 4.20. The minimum Gasteiger partial charge on any atom is -0.267 e. The topological polar surface area (TPSA) is 6.48 Å². The SMILES string of the molecule is CCN(CC)P(N(CC)CC)P(P(C(C)(C)C)C(C)(C)C)[Si](C)(C)C. The Labute approximate surface area is 164 Å². The lowest BCUT2D eigenvalue weighted by molar-refractivity contribution is 0.434. The summed E-state index contributed by atoms with van der Waals surface area (Å²) in [7, 11) is -1.52. The summed E-state index contributed by atoms with van der Waals surface area (Å²) in [4.78, 5) is 0. The van der Waals surface area contributed by atoms with Crippen molar-refractivity contribution in [1.29, 1.82) is 0 Å². The molecular formula is C19H47N2P3Si. The average Bonchev–Trinajstić information content (AvgIpc) is 2.41. The summed E-state index contributed by atoms with van der Waals surface area (Å²) < 4.78 is 5.69. The van der Waals surface area contributed by atoms with Gasteiger partial charge in [-0.25, -0.2) is 0 Å². The molecule has 0 aromatic carbocycles. The molecule has 6 heteroatoms. The lowest BCUT2D eigenvalue weighted by Crippen LogP contribution is -2.35. The van der Waals surface area contributed by atoms with Gasteiger partial charge in [-0.15, -0.1) is 0 Å². The highest BCUT2D eigenvalue weighted by molar-refractivity contribution is 8.71. The second-order valence-electron chi connectivity index (χ2n) is 9.66. The molecule has 0 rings (SSSR count). The Morgan fingerprint density at radius 3 is 1.08 bits per heavy atom. The van der Waals surface area contributed by atoms with Crippen LogP contribution in [0.1, 0.15) is 69.2 Å². The molecule has 0 spiro atoms. The maximum absolute atomic E-state index is 2.85. The van der Waals surface area contributed by atoms with Crippen molar-refractivity contribution < 1.29 is 0 Å². The number of rotatable bonds is 9. The van der Waals surface area contributed by atoms with E-state index in [-0.39, 0.29) is 22.4 Å². The fourth-order valence-corrected chi connectivity index (χ4v) is 46.4. The Bertz CT molecular complexity index is 352. The van der Waals surface area contributed by atoms with Gasteiger partial charge in [0, 0.05) is 26.2 Å². The molecule has 0 saturated heterocycles. The van der Waals surface area contributed by atoms with E-state index in [1.165, 1.54) is 26.2 Å². The van der Waals surface area contributed by atoms with Crippen LogP contribution < -0.4 is 0 Å². The molecule has 0 aliphatic heterocycles. The van der Waals surface area contributed by atoms with Gasteiger partial charge in [-0.3, -0.25) is 9.34 Å². The minimum atomic E-state index is -1.28. The van der Waals surface area contributed by atoms with E-state index >= 15 is 0 Å². The lowest BCUT2D eigenvalue weighted by atomic mass is 10.2. The van der Waals surface area contributed by atoms with Crippen molar-refractivity contribution in [2.75, 3.05) is 26.2 Å². The molecule has 0 N–H and O–H groups in total. The van der Waals surface area contributed by atoms with Crippen LogP contribution >= 0.6 is 22.4 Å². The van der Waals surface area contributed by atoms with E-state index in [1.54, 1.807) is 0 Å². The van der Waals surface area contributed by atoms with E-state index in [9.17, 15) is 0 Å². The van der Waals surface area contributed by atoms with Crippen molar-refractivity contribution in [2.24, 2.45) is 0 Å². The van der Waals surface area contributed by atoms with Crippen molar-refractivity contribution in [3.8, 4) is 0 Å². The normalized spacial score (nSPS) is 15.7. The second-order valence-corrected chi connectivity index (χ2v) is 32.8. The van der Waals surface area contributed by atoms with E-state index in [2.05, 4.69) is 98.2 Å². The summed E-state index contributed by atoms with van der Waals surface area (Å²) in [6, 6.07) is 0. The molecule has 1 unspecified atom stereocenters. The van der Waals surface area contributed by atoms with Crippen LogP contribution in [0.2, 0.25) is 19.6 Å². The van der Waals surface area contributed by atoms with Gasteiger partial charge >= 0.3 is 0 Å². The molecule has 152 valence electrons. The predicted molar refractivity (Wildman–Crippen MR) is 129 cm³/mol. The highest BCUT2D eigenvalue weighted by atomic mass is 32.6. The first-order chi connectivity index (χ1) is 11.2. The van der Waals surface area contributed by atoms with Gasteiger partial charge in [-0.05, 0) is 17.2 Å². The fourth-order valence-electron chi connectivity index (χ4n) is 3.59. The molecule has 0 heterocycles. The first-order valence-corrected chi connectivity index (χ1v) is 19.7. The molecule has 0 aromatic rings. The van der Waals surface area contributed by atoms with E-state index in [4.69, 9.17) is 0 Å². The molecule has 0 aliphatic carbocycles. The number of nitrogens with zero attached hydrogens (tertiary/aromatic N) is 2. The highest BCUT2D eigenvalue weighted by Gasteiger charge is 2.50. The Balaban J connectivity index is 6.51. The monoisotopic (exact) mass is 424 g/mol. The molecule has 25 heavy (non-hydrogen) atoms. The fraction of sp³-hybridized carbons (Fsp3) is 1.00. The first-order valence-electron chi connectivity index (χ1n) is 10.1. The summed E-state index contributed by atoms with van der Waals surface area (Å²) >= 11 is 0. The Morgan fingerprint density at radius 1 is 0.640 bits per heavy atom. The molecule has 0 radical (unpaired) electrons. The quantitative estimate of drug-likeness (QED) is 0.272. The van der Waals surface area contributed by atoms with Crippen LogP contribution in [0.4, 0.5) is 0 Å². The van der Waals surface area contributed by atoms with Crippen LogP contribution in [0.3, 0.4) is 0 Å². The molecule has 2 nitrogen and oxygen atoms in total. The van der Waals surface area contributed by atoms with Crippen LogP contribution in [0.25, 0.3) is 0 Å². The zero-order chi connectivity index (χ0) is 20.2. The first kappa shape index (κ1) is 26.4. The third-order valence-corrected chi connectivity index (χ3v) is 38.9. The summed E-state index contributed by atoms with van der Waals surface area (Å²) in [6.45, 7) is 37.4. The van der Waals surface area contributed by atoms with Gasteiger partial charge < -0.3 is 0 Å². The second kappa shape index (κ2) is 10.3. The van der Waals surface area contributed by atoms with Crippen LogP contribution in [0.15, 0.2) is 0 Å². The van der Waals surface area contributed by atoms with Gasteiger partial charge in [-0.2, -0.15) is 0 Å². The van der Waals surface area contributed by atoms with Gasteiger partial charge in [0.1, 0.15) is 0 Å². The van der Waals surface area contributed by atoms with Gasteiger partial charge in [0.25, 0.3) is 0 Å². The summed E-state index contributed by atoms with van der Waals surface area (Å²) in [5.74, 6) is 0. The van der Waals surface area contributed by atoms with E-state index in [0.717, 1.165) is 0 Å². The van der Waals surface area contributed by atoms with Crippen molar-refractivity contribution in [2.45, 2.75) is 99.2 Å². The molecule has 1 atom stereocenters. The Morgan fingerprint density at radius 2 is 0.920 bits per heavy atom. The molecule has 0 amide bonds. The maximum Gasteiger partial charge on any atom is 0.0856 e. The van der Waals surface area contributed by atoms with E-state index in [0.29, 0.717) is 10.3 Å². The zero-order valence-corrected chi connectivity index (χ0v) is 23.2. The van der Waals surface area contributed by atoms with Gasteiger partial charge in [0.2, 0.25) is 0 Å². The third kappa shape index (κ3) is 7.40. The molecule has 0 fully saturated rings. The highest BCUT2D eigenvalue weighted by Crippen LogP contribution is 2.96. The summed E-state index contributed by atoms with van der Waals surface area (Å²) in [5.41, 5.74) is 0. The van der Waals surface area contributed by atoms with E-state index < -0.39 is 7.74 Å². The van der Waals surface area contributed by atoms with Crippen LogP contribution in [0, 0.1) is 0 Å². The van der Waals surface area contributed by atoms with Crippen molar-refractivity contribution in [3.63, 3.8) is 0 Å². The molecule has 0 aromatic heterocycles. The number of hydrogen-bond acceptors (Lipinski definition) is 2. The Kier molecular flexibility index (Phi) is 10.9. The van der Waals surface area contributed by atoms with Crippen LogP contribution in [-0.4, -0.2) is 53.6 Å². The summed E-state index contributed by atoms with van der Waals surface area (Å²) in [5, 5.41) is 0.834. The zero-order valence-electron chi connectivity index (χ0n) is 19.6. The molecule has 0 saturated carbocycles. The molecule has 0 aliphatic rings. The van der Waals surface area contributed by atoms with Crippen molar-refractivity contribution in [3.05, 3.63) is 0 Å². The standard InChI is InChI=1S/C19H47N2P3Si/c1-14-20(15-2)23(21(16-3)17-4)24(25(11,12)13)22(18(5,6)7)19(8,9)10/h14-17H2,1-13H3. The lowest BCUT2D eigenvalue weighted by Gasteiger charge is -2.56.